The minimum absolute atomic E-state index is 0.0186. The fourth-order valence-corrected chi connectivity index (χ4v) is 8.51. The van der Waals surface area contributed by atoms with E-state index in [4.69, 9.17) is 23.4 Å². The molecule has 0 unspecified atom stereocenters. The van der Waals surface area contributed by atoms with Crippen molar-refractivity contribution in [3.05, 3.63) is 53.1 Å². The second kappa shape index (κ2) is 11.1. The highest BCUT2D eigenvalue weighted by Crippen LogP contribution is 2.51. The van der Waals surface area contributed by atoms with Gasteiger partial charge < -0.3 is 28.2 Å². The number of aryl methyl sites for hydroxylation is 1. The van der Waals surface area contributed by atoms with E-state index >= 15 is 0 Å². The number of fused-ring (bicyclic) bond motifs is 2. The van der Waals surface area contributed by atoms with Crippen LogP contribution in [-0.2, 0) is 28.7 Å². The van der Waals surface area contributed by atoms with E-state index in [0.717, 1.165) is 11.8 Å². The molecule has 1 N–H and O–H groups in total. The van der Waals surface area contributed by atoms with Crippen molar-refractivity contribution in [2.24, 2.45) is 5.92 Å². The van der Waals surface area contributed by atoms with Crippen LogP contribution >= 0.6 is 0 Å². The minimum Gasteiger partial charge on any atom is -0.454 e. The van der Waals surface area contributed by atoms with Crippen molar-refractivity contribution in [1.82, 2.24) is 4.72 Å². The van der Waals surface area contributed by atoms with Crippen molar-refractivity contribution in [3.8, 4) is 11.5 Å². The number of hydrogen-bond donors (Lipinski definition) is 1. The fourth-order valence-electron chi connectivity index (χ4n) is 5.91. The first kappa shape index (κ1) is 31.8. The summed E-state index contributed by atoms with van der Waals surface area (Å²) in [5.41, 5.74) is 1.60. The van der Waals surface area contributed by atoms with Gasteiger partial charge in [-0.3, -0.25) is 4.79 Å². The Hall–Kier alpha value is -2.61. The van der Waals surface area contributed by atoms with Crippen LogP contribution in [0.25, 0.3) is 0 Å². The first-order valence-corrected chi connectivity index (χ1v) is 18.8. The number of carbonyl (C=O) groups is 2. The van der Waals surface area contributed by atoms with Crippen molar-refractivity contribution >= 4 is 30.9 Å². The van der Waals surface area contributed by atoms with Crippen molar-refractivity contribution < 1.29 is 41.4 Å². The molecule has 2 aromatic carbocycles. The van der Waals surface area contributed by atoms with Crippen LogP contribution < -0.4 is 14.2 Å². The predicted molar refractivity (Wildman–Crippen MR) is 161 cm³/mol. The molecule has 5 rings (SSSR count). The lowest BCUT2D eigenvalue weighted by molar-refractivity contribution is -0.155. The maximum Gasteiger partial charge on any atom is 0.240 e. The quantitative estimate of drug-likeness (QED) is 0.326. The Kier molecular flexibility index (Phi) is 8.19. The highest BCUT2D eigenvalue weighted by molar-refractivity contribution is 7.89. The third-order valence-electron chi connectivity index (χ3n) is 9.10. The summed E-state index contributed by atoms with van der Waals surface area (Å²) in [5, 5.41) is -0.197. The molecular weight excluding hydrogens is 590 g/mol. The lowest BCUT2D eigenvalue weighted by Gasteiger charge is -2.50. The van der Waals surface area contributed by atoms with Crippen LogP contribution in [0.3, 0.4) is 0 Å². The number of sulfonamides is 1. The molecule has 6 atom stereocenters. The van der Waals surface area contributed by atoms with E-state index in [-0.39, 0.29) is 22.3 Å². The minimum atomic E-state index is -4.11. The molecule has 0 bridgehead atoms. The predicted octanol–water partition coefficient (Wildman–Crippen LogP) is 4.71. The van der Waals surface area contributed by atoms with E-state index in [0.29, 0.717) is 23.3 Å². The van der Waals surface area contributed by atoms with E-state index in [1.54, 1.807) is 38.1 Å². The zero-order valence-electron chi connectivity index (χ0n) is 25.9. The SMILES string of the molecule is Cc1ccc(S(=O)(=O)N[C@H]2[C@@H]3OC(C)(C)O[C@@H]3[C@@H](O[Si](C)(C)C(C)(C)C)[C@H](C=O)[C@@H]2c2cc3c(cc2C=O)OCO3)cc1. The summed E-state index contributed by atoms with van der Waals surface area (Å²) in [6.07, 6.45) is -0.929. The Morgan fingerprint density at radius 2 is 1.60 bits per heavy atom. The monoisotopic (exact) mass is 631 g/mol. The van der Waals surface area contributed by atoms with Crippen molar-refractivity contribution in [2.45, 2.75) is 101 Å². The molecule has 2 fully saturated rings. The summed E-state index contributed by atoms with van der Waals surface area (Å²) in [4.78, 5) is 25.8. The average Bonchev–Trinajstić information content (AvgIpc) is 3.51. The molecule has 12 heteroatoms. The molecule has 0 radical (unpaired) electrons. The Balaban J connectivity index is 1.70. The Morgan fingerprint density at radius 3 is 2.19 bits per heavy atom. The van der Waals surface area contributed by atoms with E-state index in [2.05, 4.69) is 38.6 Å². The van der Waals surface area contributed by atoms with Crippen LogP contribution in [-0.4, -0.2) is 66.2 Å². The van der Waals surface area contributed by atoms with Gasteiger partial charge in [-0.1, -0.05) is 38.5 Å². The van der Waals surface area contributed by atoms with Gasteiger partial charge in [0.25, 0.3) is 0 Å². The second-order valence-corrected chi connectivity index (χ2v) is 20.0. The van der Waals surface area contributed by atoms with Gasteiger partial charge in [-0.2, -0.15) is 0 Å². The third kappa shape index (κ3) is 5.93. The number of hydrogen-bond acceptors (Lipinski definition) is 9. The summed E-state index contributed by atoms with van der Waals surface area (Å²) in [5.74, 6) is -2.07. The van der Waals surface area contributed by atoms with Crippen LogP contribution in [0, 0.1) is 12.8 Å². The van der Waals surface area contributed by atoms with Crippen LogP contribution in [0.15, 0.2) is 41.3 Å². The molecule has 10 nitrogen and oxygen atoms in total. The smallest absolute Gasteiger partial charge is 0.240 e. The molecule has 2 aliphatic heterocycles. The van der Waals surface area contributed by atoms with Gasteiger partial charge in [0.1, 0.15) is 24.8 Å². The molecule has 0 spiro atoms. The van der Waals surface area contributed by atoms with Crippen molar-refractivity contribution in [3.63, 3.8) is 0 Å². The molecular formula is C31H41NO9SSi. The summed E-state index contributed by atoms with van der Waals surface area (Å²) < 4.78 is 61.5. The maximum absolute atomic E-state index is 13.9. The number of ether oxygens (including phenoxy) is 4. The van der Waals surface area contributed by atoms with Crippen LogP contribution in [0.2, 0.25) is 18.1 Å². The Bertz CT molecular complexity index is 1500. The number of carbonyl (C=O) groups excluding carboxylic acids is 2. The van der Waals surface area contributed by atoms with Crippen LogP contribution in [0.5, 0.6) is 11.5 Å². The molecule has 2 aromatic rings. The van der Waals surface area contributed by atoms with Gasteiger partial charge >= 0.3 is 0 Å². The van der Waals surface area contributed by atoms with E-state index in [1.165, 1.54) is 12.1 Å². The number of aldehydes is 2. The second-order valence-electron chi connectivity index (χ2n) is 13.6. The highest BCUT2D eigenvalue weighted by Gasteiger charge is 2.61. The topological polar surface area (TPSA) is 126 Å². The first-order valence-electron chi connectivity index (χ1n) is 14.4. The normalized spacial score (nSPS) is 28.4. The van der Waals surface area contributed by atoms with Gasteiger partial charge in [0.2, 0.25) is 16.8 Å². The summed E-state index contributed by atoms with van der Waals surface area (Å²) in [6.45, 7) is 15.8. The highest BCUT2D eigenvalue weighted by atomic mass is 32.2. The zero-order valence-corrected chi connectivity index (χ0v) is 27.7. The van der Waals surface area contributed by atoms with Gasteiger partial charge in [0.15, 0.2) is 25.6 Å². The molecule has 1 saturated heterocycles. The molecule has 0 amide bonds. The van der Waals surface area contributed by atoms with Gasteiger partial charge in [0, 0.05) is 11.5 Å². The van der Waals surface area contributed by atoms with E-state index < -0.39 is 60.3 Å². The number of nitrogens with one attached hydrogen (secondary N) is 1. The van der Waals surface area contributed by atoms with Gasteiger partial charge in [-0.05, 0) is 68.7 Å². The molecule has 234 valence electrons. The lowest BCUT2D eigenvalue weighted by atomic mass is 9.68. The van der Waals surface area contributed by atoms with Gasteiger partial charge in [0.05, 0.1) is 23.0 Å². The summed E-state index contributed by atoms with van der Waals surface area (Å²) in [6, 6.07) is 8.70. The standard InChI is InChI=1S/C31H41NO9SSi/c1-18-9-11-20(12-10-18)42(35,36)32-26-25(21-14-24-23(37-17-38-24)13-19(21)15-33)22(16-34)27(41-43(7,8)30(2,3)4)29-28(26)39-31(5,6)40-29/h9-16,22,25-29,32H,17H2,1-8H3/t22-,25+,26-,27+,28+,29-/m1/s1. The van der Waals surface area contributed by atoms with Gasteiger partial charge in [-0.25, -0.2) is 13.1 Å². The first-order chi connectivity index (χ1) is 20.0. The molecule has 3 aliphatic rings. The zero-order chi connectivity index (χ0) is 31.5. The molecule has 1 saturated carbocycles. The number of rotatable bonds is 8. The van der Waals surface area contributed by atoms with E-state index in [1.807, 2.05) is 6.92 Å². The summed E-state index contributed by atoms with van der Waals surface area (Å²) >= 11 is 0. The Labute approximate surface area is 254 Å². The molecule has 43 heavy (non-hydrogen) atoms. The van der Waals surface area contributed by atoms with Crippen LogP contribution in [0.4, 0.5) is 0 Å². The van der Waals surface area contributed by atoms with Crippen molar-refractivity contribution in [1.29, 1.82) is 0 Å². The Morgan fingerprint density at radius 1 is 1.00 bits per heavy atom. The fraction of sp³-hybridized carbons (Fsp3) is 0.548. The average molecular weight is 632 g/mol. The van der Waals surface area contributed by atoms with Gasteiger partial charge in [-0.15, -0.1) is 0 Å². The summed E-state index contributed by atoms with van der Waals surface area (Å²) in [7, 11) is -6.61. The lowest BCUT2D eigenvalue weighted by Crippen LogP contribution is -2.64. The molecule has 2 heterocycles. The largest absolute Gasteiger partial charge is 0.454 e. The van der Waals surface area contributed by atoms with E-state index in [9.17, 15) is 18.0 Å². The number of benzene rings is 2. The third-order valence-corrected chi connectivity index (χ3v) is 15.1. The maximum atomic E-state index is 13.9. The van der Waals surface area contributed by atoms with Crippen molar-refractivity contribution in [2.75, 3.05) is 6.79 Å². The molecule has 1 aliphatic carbocycles. The molecule has 0 aromatic heterocycles. The van der Waals surface area contributed by atoms with Crippen LogP contribution in [0.1, 0.15) is 62.0 Å².